The van der Waals surface area contributed by atoms with Gasteiger partial charge in [0.25, 0.3) is 0 Å². The van der Waals surface area contributed by atoms with E-state index in [2.05, 4.69) is 4.98 Å². The third-order valence-electron chi connectivity index (χ3n) is 3.70. The van der Waals surface area contributed by atoms with Crippen molar-refractivity contribution in [2.75, 3.05) is 14.2 Å². The lowest BCUT2D eigenvalue weighted by molar-refractivity contribution is 0.0594. The van der Waals surface area contributed by atoms with Gasteiger partial charge in [-0.1, -0.05) is 30.3 Å². The van der Waals surface area contributed by atoms with Crippen LogP contribution in [0.5, 0.6) is 0 Å². The first kappa shape index (κ1) is 16.1. The van der Waals surface area contributed by atoms with Crippen molar-refractivity contribution in [2.45, 2.75) is 6.92 Å². The molecule has 2 heterocycles. The van der Waals surface area contributed by atoms with E-state index in [4.69, 9.17) is 9.47 Å². The van der Waals surface area contributed by atoms with Gasteiger partial charge in [0, 0.05) is 10.9 Å². The quantitative estimate of drug-likeness (QED) is 0.677. The molecule has 0 N–H and O–H groups in total. The number of hydrogen-bond donors (Lipinski definition) is 0. The van der Waals surface area contributed by atoms with Gasteiger partial charge in [-0.2, -0.15) is 0 Å². The van der Waals surface area contributed by atoms with E-state index in [0.717, 1.165) is 16.5 Å². The Morgan fingerprint density at radius 2 is 1.71 bits per heavy atom. The first-order chi connectivity index (χ1) is 11.6. The highest BCUT2D eigenvalue weighted by Crippen LogP contribution is 2.37. The van der Waals surface area contributed by atoms with Crippen molar-refractivity contribution >= 4 is 33.5 Å². The minimum absolute atomic E-state index is 0.408. The number of aryl methyl sites for hydroxylation is 1. The zero-order valence-corrected chi connectivity index (χ0v) is 14.3. The smallest absolute Gasteiger partial charge is 0.348 e. The molecule has 5 nitrogen and oxygen atoms in total. The zero-order valence-electron chi connectivity index (χ0n) is 13.5. The summed E-state index contributed by atoms with van der Waals surface area (Å²) in [6.07, 6.45) is 0. The van der Waals surface area contributed by atoms with Crippen LogP contribution in [0, 0.1) is 6.92 Å². The molecule has 3 aromatic rings. The number of thiophene rings is 1. The van der Waals surface area contributed by atoms with Gasteiger partial charge < -0.3 is 9.47 Å². The SMILES string of the molecule is COC(=O)c1cc2c(-c3ccccc3)c(C(=O)OC)c(C)nc2s1. The number of carbonyl (C=O) groups excluding carboxylic acids is 2. The van der Waals surface area contributed by atoms with Crippen molar-refractivity contribution in [1.29, 1.82) is 0 Å². The molecule has 0 radical (unpaired) electrons. The molecule has 0 aliphatic heterocycles. The number of fused-ring (bicyclic) bond motifs is 1. The maximum atomic E-state index is 12.3. The molecule has 0 saturated heterocycles. The molecule has 1 aromatic carbocycles. The number of nitrogens with zero attached hydrogens (tertiary/aromatic N) is 1. The topological polar surface area (TPSA) is 65.5 Å². The number of methoxy groups -OCH3 is 2. The number of benzene rings is 1. The molecule has 0 atom stereocenters. The first-order valence-corrected chi connectivity index (χ1v) is 8.04. The number of esters is 2. The fourth-order valence-corrected chi connectivity index (χ4v) is 3.63. The average Bonchev–Trinajstić information content (AvgIpc) is 3.03. The molecule has 122 valence electrons. The second-order valence-electron chi connectivity index (χ2n) is 5.13. The van der Waals surface area contributed by atoms with Crippen molar-refractivity contribution in [2.24, 2.45) is 0 Å². The molecule has 0 aliphatic carbocycles. The number of carbonyl (C=O) groups is 2. The monoisotopic (exact) mass is 341 g/mol. The van der Waals surface area contributed by atoms with Gasteiger partial charge in [0.1, 0.15) is 9.71 Å². The summed E-state index contributed by atoms with van der Waals surface area (Å²) in [6.45, 7) is 1.76. The molecule has 0 unspecified atom stereocenters. The summed E-state index contributed by atoms with van der Waals surface area (Å²) >= 11 is 1.24. The molecule has 0 saturated carbocycles. The maximum Gasteiger partial charge on any atom is 0.348 e. The number of pyridine rings is 1. The fourth-order valence-electron chi connectivity index (χ4n) is 2.63. The van der Waals surface area contributed by atoms with Crippen LogP contribution < -0.4 is 0 Å². The summed E-state index contributed by atoms with van der Waals surface area (Å²) in [5, 5.41) is 0.734. The third kappa shape index (κ3) is 2.65. The van der Waals surface area contributed by atoms with E-state index in [1.54, 1.807) is 13.0 Å². The normalized spacial score (nSPS) is 10.6. The minimum atomic E-state index is -0.452. The largest absolute Gasteiger partial charge is 0.465 e. The van der Waals surface area contributed by atoms with E-state index in [9.17, 15) is 9.59 Å². The van der Waals surface area contributed by atoms with E-state index in [1.165, 1.54) is 25.6 Å². The van der Waals surface area contributed by atoms with E-state index in [0.29, 0.717) is 21.0 Å². The molecule has 2 aromatic heterocycles. The summed E-state index contributed by atoms with van der Waals surface area (Å²) in [7, 11) is 2.68. The van der Waals surface area contributed by atoms with Gasteiger partial charge >= 0.3 is 11.9 Å². The Kier molecular flexibility index (Phi) is 4.31. The van der Waals surface area contributed by atoms with Crippen LogP contribution in [-0.4, -0.2) is 31.1 Å². The lowest BCUT2D eigenvalue weighted by Crippen LogP contribution is -2.08. The second-order valence-corrected chi connectivity index (χ2v) is 6.16. The van der Waals surface area contributed by atoms with Crippen molar-refractivity contribution < 1.29 is 19.1 Å². The minimum Gasteiger partial charge on any atom is -0.465 e. The summed E-state index contributed by atoms with van der Waals surface area (Å²) in [6, 6.07) is 11.2. The Balaban J connectivity index is 2.39. The van der Waals surface area contributed by atoms with Crippen LogP contribution >= 0.6 is 11.3 Å². The fraction of sp³-hybridized carbons (Fsp3) is 0.167. The number of aromatic nitrogens is 1. The number of rotatable bonds is 3. The van der Waals surface area contributed by atoms with E-state index < -0.39 is 11.9 Å². The van der Waals surface area contributed by atoms with Gasteiger partial charge in [-0.15, -0.1) is 11.3 Å². The second kappa shape index (κ2) is 6.41. The van der Waals surface area contributed by atoms with E-state index in [1.807, 2.05) is 30.3 Å². The number of ether oxygens (including phenoxy) is 2. The van der Waals surface area contributed by atoms with Crippen LogP contribution in [0.1, 0.15) is 25.7 Å². The summed E-state index contributed by atoms with van der Waals surface area (Å²) in [4.78, 5) is 29.8. The molecule has 6 heteroatoms. The molecule has 0 fully saturated rings. The van der Waals surface area contributed by atoms with Crippen molar-refractivity contribution in [3.63, 3.8) is 0 Å². The van der Waals surface area contributed by atoms with Crippen LogP contribution in [0.4, 0.5) is 0 Å². The highest BCUT2D eigenvalue weighted by molar-refractivity contribution is 7.20. The highest BCUT2D eigenvalue weighted by Gasteiger charge is 2.23. The molecular formula is C18H15NO4S. The molecule has 0 bridgehead atoms. The van der Waals surface area contributed by atoms with Crippen molar-refractivity contribution in [1.82, 2.24) is 4.98 Å². The van der Waals surface area contributed by atoms with Gasteiger partial charge in [0.05, 0.1) is 25.5 Å². The van der Waals surface area contributed by atoms with Gasteiger partial charge in [-0.3, -0.25) is 0 Å². The standard InChI is InChI=1S/C18H15NO4S/c1-10-14(18(21)23-3)15(11-7-5-4-6-8-11)12-9-13(17(20)22-2)24-16(12)19-10/h4-9H,1-3H3. The number of hydrogen-bond acceptors (Lipinski definition) is 6. The van der Waals surface area contributed by atoms with Crippen LogP contribution in [0.25, 0.3) is 21.3 Å². The Labute approximate surface area is 142 Å². The molecule has 0 amide bonds. The predicted molar refractivity (Wildman–Crippen MR) is 92.5 cm³/mol. The lowest BCUT2D eigenvalue weighted by atomic mass is 9.96. The van der Waals surface area contributed by atoms with Crippen molar-refractivity contribution in [3.05, 3.63) is 52.5 Å². The molecule has 3 rings (SSSR count). The third-order valence-corrected chi connectivity index (χ3v) is 4.71. The van der Waals surface area contributed by atoms with Gasteiger partial charge in [-0.05, 0) is 18.6 Å². The van der Waals surface area contributed by atoms with Crippen LogP contribution in [0.15, 0.2) is 36.4 Å². The molecule has 24 heavy (non-hydrogen) atoms. The van der Waals surface area contributed by atoms with Crippen LogP contribution in [-0.2, 0) is 9.47 Å². The van der Waals surface area contributed by atoms with Crippen LogP contribution in [0.2, 0.25) is 0 Å². The molecule has 0 aliphatic rings. The van der Waals surface area contributed by atoms with Gasteiger partial charge in [0.2, 0.25) is 0 Å². The summed E-state index contributed by atoms with van der Waals surface area (Å²) in [5.41, 5.74) is 2.55. The molecule has 0 spiro atoms. The summed E-state index contributed by atoms with van der Waals surface area (Å²) < 4.78 is 9.73. The summed E-state index contributed by atoms with van der Waals surface area (Å²) in [5.74, 6) is -0.874. The average molecular weight is 341 g/mol. The van der Waals surface area contributed by atoms with Gasteiger partial charge in [-0.25, -0.2) is 14.6 Å². The Morgan fingerprint density at radius 1 is 1.04 bits per heavy atom. The maximum absolute atomic E-state index is 12.3. The van der Waals surface area contributed by atoms with E-state index in [-0.39, 0.29) is 0 Å². The Morgan fingerprint density at radius 3 is 2.33 bits per heavy atom. The molecular weight excluding hydrogens is 326 g/mol. The predicted octanol–water partition coefficient (Wildman–Crippen LogP) is 3.84. The van der Waals surface area contributed by atoms with Crippen LogP contribution in [0.3, 0.4) is 0 Å². The van der Waals surface area contributed by atoms with Crippen molar-refractivity contribution in [3.8, 4) is 11.1 Å². The van der Waals surface area contributed by atoms with E-state index >= 15 is 0 Å². The van der Waals surface area contributed by atoms with Gasteiger partial charge in [0.15, 0.2) is 0 Å². The lowest BCUT2D eigenvalue weighted by Gasteiger charge is -2.12. The first-order valence-electron chi connectivity index (χ1n) is 7.23. The Bertz CT molecular complexity index is 931. The Hall–Kier alpha value is -2.73. The zero-order chi connectivity index (χ0) is 17.3. The highest BCUT2D eigenvalue weighted by atomic mass is 32.1.